The number of hydrogen-bond donors (Lipinski definition) is 1. The molecule has 144 valence electrons. The van der Waals surface area contributed by atoms with E-state index >= 15 is 0 Å². The highest BCUT2D eigenvalue weighted by Gasteiger charge is 2.19. The molecule has 1 aliphatic carbocycles. The number of aromatic nitrogens is 3. The molecule has 1 aliphatic rings. The fourth-order valence-electron chi connectivity index (χ4n) is 3.55. The second-order valence-corrected chi connectivity index (χ2v) is 8.15. The second-order valence-electron chi connectivity index (χ2n) is 7.21. The van der Waals surface area contributed by atoms with Crippen molar-refractivity contribution in [3.63, 3.8) is 0 Å². The van der Waals surface area contributed by atoms with Gasteiger partial charge in [0.05, 0.1) is 6.54 Å². The average Bonchev–Trinajstić information content (AvgIpc) is 3.29. The van der Waals surface area contributed by atoms with Crippen LogP contribution in [0.25, 0.3) is 0 Å². The Labute approximate surface area is 165 Å². The largest absolute Gasteiger partial charge is 0.349 e. The molecule has 1 N–H and O–H groups in total. The number of nitrogens with one attached hydrogen (secondary N) is 1. The minimum atomic E-state index is 0.115. The SMILES string of the molecule is C=CCn1c(CNC(=O)CC2CCCC2)nnc1SCc1cccc(C)c1. The molecule has 1 aromatic carbocycles. The lowest BCUT2D eigenvalue weighted by atomic mass is 10.0. The van der Waals surface area contributed by atoms with Gasteiger partial charge in [-0.3, -0.25) is 4.79 Å². The van der Waals surface area contributed by atoms with Gasteiger partial charge in [-0.2, -0.15) is 0 Å². The smallest absolute Gasteiger partial charge is 0.220 e. The summed E-state index contributed by atoms with van der Waals surface area (Å²) in [5.74, 6) is 2.28. The molecule has 0 saturated heterocycles. The quantitative estimate of drug-likeness (QED) is 0.518. The van der Waals surface area contributed by atoms with Crippen LogP contribution >= 0.6 is 11.8 Å². The first-order chi connectivity index (χ1) is 13.2. The molecular formula is C21H28N4OS. The first-order valence-electron chi connectivity index (χ1n) is 9.63. The predicted molar refractivity (Wildman–Crippen MR) is 109 cm³/mol. The van der Waals surface area contributed by atoms with Crippen molar-refractivity contribution in [3.05, 3.63) is 53.9 Å². The van der Waals surface area contributed by atoms with E-state index < -0.39 is 0 Å². The Morgan fingerprint density at radius 2 is 2.19 bits per heavy atom. The molecule has 0 aliphatic heterocycles. The van der Waals surface area contributed by atoms with Crippen molar-refractivity contribution in [2.24, 2.45) is 5.92 Å². The van der Waals surface area contributed by atoms with Crippen LogP contribution in [0.3, 0.4) is 0 Å². The molecule has 27 heavy (non-hydrogen) atoms. The number of thioether (sulfide) groups is 1. The van der Waals surface area contributed by atoms with Crippen LogP contribution in [0, 0.1) is 12.8 Å². The molecular weight excluding hydrogens is 356 g/mol. The molecule has 1 saturated carbocycles. The Kier molecular flexibility index (Phi) is 7.10. The standard InChI is InChI=1S/C21H28N4OS/c1-3-11-25-19(14-22-20(26)13-17-8-4-5-9-17)23-24-21(25)27-15-18-10-6-7-16(2)12-18/h3,6-7,10,12,17H,1,4-5,8-9,11,13-15H2,2H3,(H,22,26). The monoisotopic (exact) mass is 384 g/mol. The number of aryl methyl sites for hydroxylation is 1. The zero-order chi connectivity index (χ0) is 19.1. The van der Waals surface area contributed by atoms with Crippen molar-refractivity contribution in [2.75, 3.05) is 0 Å². The van der Waals surface area contributed by atoms with Gasteiger partial charge in [0.15, 0.2) is 11.0 Å². The van der Waals surface area contributed by atoms with Crippen LogP contribution in [0.5, 0.6) is 0 Å². The number of rotatable bonds is 9. The van der Waals surface area contributed by atoms with E-state index in [0.29, 0.717) is 25.4 Å². The number of nitrogens with zero attached hydrogens (tertiary/aromatic N) is 3. The third-order valence-electron chi connectivity index (χ3n) is 4.95. The van der Waals surface area contributed by atoms with Gasteiger partial charge in [0.2, 0.25) is 5.91 Å². The topological polar surface area (TPSA) is 59.8 Å². The van der Waals surface area contributed by atoms with Crippen LogP contribution in [0.4, 0.5) is 0 Å². The first-order valence-corrected chi connectivity index (χ1v) is 10.6. The maximum Gasteiger partial charge on any atom is 0.220 e. The molecule has 1 aromatic heterocycles. The Balaban J connectivity index is 1.58. The minimum absolute atomic E-state index is 0.115. The zero-order valence-electron chi connectivity index (χ0n) is 16.0. The summed E-state index contributed by atoms with van der Waals surface area (Å²) in [6.07, 6.45) is 7.34. The number of hydrogen-bond acceptors (Lipinski definition) is 4. The molecule has 2 aromatic rings. The number of carbonyl (C=O) groups excluding carboxylic acids is 1. The van der Waals surface area contributed by atoms with Crippen molar-refractivity contribution in [3.8, 4) is 0 Å². The molecule has 1 fully saturated rings. The predicted octanol–water partition coefficient (Wildman–Crippen LogP) is 4.26. The molecule has 0 radical (unpaired) electrons. The lowest BCUT2D eigenvalue weighted by molar-refractivity contribution is -0.122. The van der Waals surface area contributed by atoms with Crippen LogP contribution in [0.15, 0.2) is 42.1 Å². The normalized spacial score (nSPS) is 14.4. The first kappa shape index (κ1) is 19.7. The highest BCUT2D eigenvalue weighted by molar-refractivity contribution is 7.98. The molecule has 1 heterocycles. The average molecular weight is 385 g/mol. The summed E-state index contributed by atoms with van der Waals surface area (Å²) < 4.78 is 2.03. The Morgan fingerprint density at radius 3 is 2.93 bits per heavy atom. The second kappa shape index (κ2) is 9.74. The van der Waals surface area contributed by atoms with Gasteiger partial charge in [0, 0.05) is 18.7 Å². The van der Waals surface area contributed by atoms with Crippen molar-refractivity contribution in [1.82, 2.24) is 20.1 Å². The maximum absolute atomic E-state index is 12.2. The van der Waals surface area contributed by atoms with E-state index in [0.717, 1.165) is 16.7 Å². The molecule has 5 nitrogen and oxygen atoms in total. The van der Waals surface area contributed by atoms with Crippen molar-refractivity contribution in [1.29, 1.82) is 0 Å². The molecule has 0 atom stereocenters. The Hall–Kier alpha value is -2.08. The molecule has 0 bridgehead atoms. The van der Waals surface area contributed by atoms with Crippen LogP contribution in [-0.4, -0.2) is 20.7 Å². The van der Waals surface area contributed by atoms with Crippen molar-refractivity contribution >= 4 is 17.7 Å². The van der Waals surface area contributed by atoms with Crippen molar-refractivity contribution < 1.29 is 4.79 Å². The van der Waals surface area contributed by atoms with Gasteiger partial charge < -0.3 is 9.88 Å². The van der Waals surface area contributed by atoms with Gasteiger partial charge in [-0.05, 0) is 31.2 Å². The summed E-state index contributed by atoms with van der Waals surface area (Å²) in [4.78, 5) is 12.2. The summed E-state index contributed by atoms with van der Waals surface area (Å²) in [6.45, 7) is 6.99. The molecule has 0 unspecified atom stereocenters. The Morgan fingerprint density at radius 1 is 1.37 bits per heavy atom. The van der Waals surface area contributed by atoms with E-state index in [1.807, 2.05) is 10.6 Å². The van der Waals surface area contributed by atoms with Crippen LogP contribution in [0.2, 0.25) is 0 Å². The highest BCUT2D eigenvalue weighted by atomic mass is 32.2. The highest BCUT2D eigenvalue weighted by Crippen LogP contribution is 2.27. The number of allylic oxidation sites excluding steroid dienone is 1. The van der Waals surface area contributed by atoms with E-state index in [9.17, 15) is 4.79 Å². The summed E-state index contributed by atoms with van der Waals surface area (Å²) >= 11 is 1.66. The summed E-state index contributed by atoms with van der Waals surface area (Å²) in [7, 11) is 0. The fourth-order valence-corrected chi connectivity index (χ4v) is 4.45. The third kappa shape index (κ3) is 5.70. The van der Waals surface area contributed by atoms with Gasteiger partial charge in [-0.25, -0.2) is 0 Å². The molecule has 1 amide bonds. The lowest BCUT2D eigenvalue weighted by Crippen LogP contribution is -2.26. The van der Waals surface area contributed by atoms with Crippen LogP contribution in [0.1, 0.15) is 49.1 Å². The van der Waals surface area contributed by atoms with Gasteiger partial charge in [-0.15, -0.1) is 16.8 Å². The van der Waals surface area contributed by atoms with Crippen molar-refractivity contribution in [2.45, 2.75) is 63.0 Å². The molecule has 0 spiro atoms. The van der Waals surface area contributed by atoms with E-state index in [2.05, 4.69) is 53.3 Å². The molecule has 3 rings (SSSR count). The van der Waals surface area contributed by atoms with Gasteiger partial charge in [-0.1, -0.05) is 60.5 Å². The number of benzene rings is 1. The lowest BCUT2D eigenvalue weighted by Gasteiger charge is -2.11. The Bertz CT molecular complexity index is 780. The zero-order valence-corrected chi connectivity index (χ0v) is 16.8. The maximum atomic E-state index is 12.2. The van der Waals surface area contributed by atoms with E-state index in [1.165, 1.54) is 36.8 Å². The number of carbonyl (C=O) groups is 1. The molecule has 6 heteroatoms. The van der Waals surface area contributed by atoms with E-state index in [1.54, 1.807) is 11.8 Å². The third-order valence-corrected chi connectivity index (χ3v) is 5.99. The number of amides is 1. The summed E-state index contributed by atoms with van der Waals surface area (Å²) in [5, 5.41) is 12.5. The fraction of sp³-hybridized carbons (Fsp3) is 0.476. The van der Waals surface area contributed by atoms with Gasteiger partial charge in [0.1, 0.15) is 0 Å². The van der Waals surface area contributed by atoms with E-state index in [-0.39, 0.29) is 5.91 Å². The van der Waals surface area contributed by atoms with Gasteiger partial charge in [0.25, 0.3) is 0 Å². The van der Waals surface area contributed by atoms with E-state index in [4.69, 9.17) is 0 Å². The summed E-state index contributed by atoms with van der Waals surface area (Å²) in [6, 6.07) is 8.48. The van der Waals surface area contributed by atoms with Crippen LogP contribution < -0.4 is 5.32 Å². The minimum Gasteiger partial charge on any atom is -0.349 e. The van der Waals surface area contributed by atoms with Gasteiger partial charge >= 0.3 is 0 Å². The summed E-state index contributed by atoms with van der Waals surface area (Å²) in [5.41, 5.74) is 2.52. The van der Waals surface area contributed by atoms with Crippen LogP contribution in [-0.2, 0) is 23.6 Å².